The Balaban J connectivity index is 1.90. The number of ether oxygens (including phenoxy) is 1. The fourth-order valence-electron chi connectivity index (χ4n) is 1.50. The van der Waals surface area contributed by atoms with Crippen LogP contribution in [0.2, 0.25) is 5.28 Å². The summed E-state index contributed by atoms with van der Waals surface area (Å²) in [5.74, 6) is 0.526. The van der Waals surface area contributed by atoms with Gasteiger partial charge in [-0.25, -0.2) is 4.98 Å². The molecule has 2 rings (SSSR count). The first-order valence-corrected chi connectivity index (χ1v) is 5.80. The van der Waals surface area contributed by atoms with Crippen LogP contribution < -0.4 is 4.74 Å². The van der Waals surface area contributed by atoms with Crippen molar-refractivity contribution in [1.82, 2.24) is 9.97 Å². The quantitative estimate of drug-likeness (QED) is 0.780. The molecule has 0 saturated carbocycles. The molecular formula is C13H13ClN2O. The molecule has 88 valence electrons. The second-order valence-corrected chi connectivity index (χ2v) is 4.04. The summed E-state index contributed by atoms with van der Waals surface area (Å²) in [7, 11) is 0. The van der Waals surface area contributed by atoms with Crippen molar-refractivity contribution in [3.05, 3.63) is 52.9 Å². The van der Waals surface area contributed by atoms with Gasteiger partial charge < -0.3 is 4.74 Å². The molecule has 17 heavy (non-hydrogen) atoms. The van der Waals surface area contributed by atoms with E-state index in [0.717, 1.165) is 12.1 Å². The number of nitrogens with zero attached hydrogens (tertiary/aromatic N) is 2. The number of halogens is 1. The number of aryl methyl sites for hydroxylation is 1. The monoisotopic (exact) mass is 248 g/mol. The summed E-state index contributed by atoms with van der Waals surface area (Å²) in [5, 5.41) is 0.222. The molecule has 4 heteroatoms. The molecule has 0 aliphatic heterocycles. The lowest BCUT2D eigenvalue weighted by molar-refractivity contribution is 0.308. The molecule has 0 spiro atoms. The fraction of sp³-hybridized carbons (Fsp3) is 0.231. The molecule has 0 saturated heterocycles. The van der Waals surface area contributed by atoms with Gasteiger partial charge in [-0.3, -0.25) is 0 Å². The van der Waals surface area contributed by atoms with Crippen LogP contribution in [0.5, 0.6) is 5.88 Å². The summed E-state index contributed by atoms with van der Waals surface area (Å²) in [6.45, 7) is 2.44. The SMILES string of the molecule is Cc1cc(OCCc2ccccc2)nc(Cl)n1. The summed E-state index contributed by atoms with van der Waals surface area (Å²) < 4.78 is 5.54. The van der Waals surface area contributed by atoms with E-state index in [0.29, 0.717) is 12.5 Å². The lowest BCUT2D eigenvalue weighted by Crippen LogP contribution is -2.03. The highest BCUT2D eigenvalue weighted by molar-refractivity contribution is 6.28. The second kappa shape index (κ2) is 5.64. The Labute approximate surface area is 105 Å². The summed E-state index contributed by atoms with van der Waals surface area (Å²) >= 11 is 5.74. The van der Waals surface area contributed by atoms with E-state index < -0.39 is 0 Å². The molecule has 0 aliphatic rings. The lowest BCUT2D eigenvalue weighted by atomic mass is 10.2. The summed E-state index contributed by atoms with van der Waals surface area (Å²) in [5.41, 5.74) is 2.05. The van der Waals surface area contributed by atoms with Crippen molar-refractivity contribution in [2.24, 2.45) is 0 Å². The van der Waals surface area contributed by atoms with Crippen LogP contribution in [-0.2, 0) is 6.42 Å². The smallest absolute Gasteiger partial charge is 0.225 e. The minimum absolute atomic E-state index is 0.222. The molecule has 2 aromatic rings. The molecule has 1 aromatic carbocycles. The Morgan fingerprint density at radius 2 is 1.94 bits per heavy atom. The Hall–Kier alpha value is -1.61. The standard InChI is InChI=1S/C13H13ClN2O/c1-10-9-12(16-13(14)15-10)17-8-7-11-5-3-2-4-6-11/h2-6,9H,7-8H2,1H3. The molecule has 0 atom stereocenters. The summed E-state index contributed by atoms with van der Waals surface area (Å²) in [4.78, 5) is 7.97. The van der Waals surface area contributed by atoms with Crippen LogP contribution in [0.4, 0.5) is 0 Å². The van der Waals surface area contributed by atoms with Crippen LogP contribution in [0.1, 0.15) is 11.3 Å². The van der Waals surface area contributed by atoms with E-state index in [2.05, 4.69) is 22.1 Å². The largest absolute Gasteiger partial charge is 0.477 e. The Morgan fingerprint density at radius 3 is 2.65 bits per heavy atom. The number of benzene rings is 1. The molecule has 0 fully saturated rings. The first kappa shape index (κ1) is 11.9. The molecule has 1 aromatic heterocycles. The van der Waals surface area contributed by atoms with Crippen molar-refractivity contribution in [2.75, 3.05) is 6.61 Å². The van der Waals surface area contributed by atoms with Gasteiger partial charge in [-0.05, 0) is 24.1 Å². The van der Waals surface area contributed by atoms with E-state index >= 15 is 0 Å². The van der Waals surface area contributed by atoms with E-state index in [1.165, 1.54) is 5.56 Å². The zero-order chi connectivity index (χ0) is 12.1. The van der Waals surface area contributed by atoms with Gasteiger partial charge in [-0.2, -0.15) is 4.98 Å². The van der Waals surface area contributed by atoms with E-state index in [-0.39, 0.29) is 5.28 Å². The van der Waals surface area contributed by atoms with Crippen LogP contribution >= 0.6 is 11.6 Å². The lowest BCUT2D eigenvalue weighted by Gasteiger charge is -2.06. The number of aromatic nitrogens is 2. The van der Waals surface area contributed by atoms with E-state index in [4.69, 9.17) is 16.3 Å². The topological polar surface area (TPSA) is 35.0 Å². The van der Waals surface area contributed by atoms with Crippen LogP contribution in [0.15, 0.2) is 36.4 Å². The van der Waals surface area contributed by atoms with Crippen LogP contribution in [-0.4, -0.2) is 16.6 Å². The van der Waals surface area contributed by atoms with Crippen LogP contribution in [0, 0.1) is 6.92 Å². The minimum Gasteiger partial charge on any atom is -0.477 e. The molecule has 1 heterocycles. The predicted molar refractivity (Wildman–Crippen MR) is 67.4 cm³/mol. The van der Waals surface area contributed by atoms with E-state index in [1.54, 1.807) is 6.07 Å². The predicted octanol–water partition coefficient (Wildman–Crippen LogP) is 3.06. The number of hydrogen-bond acceptors (Lipinski definition) is 3. The van der Waals surface area contributed by atoms with Gasteiger partial charge in [-0.1, -0.05) is 30.3 Å². The van der Waals surface area contributed by atoms with Crippen LogP contribution in [0.3, 0.4) is 0 Å². The van der Waals surface area contributed by atoms with Gasteiger partial charge in [0.15, 0.2) is 0 Å². The number of rotatable bonds is 4. The third-order valence-corrected chi connectivity index (χ3v) is 2.46. The van der Waals surface area contributed by atoms with Crippen molar-refractivity contribution in [2.45, 2.75) is 13.3 Å². The van der Waals surface area contributed by atoms with E-state index in [9.17, 15) is 0 Å². The molecule has 0 unspecified atom stereocenters. The van der Waals surface area contributed by atoms with Crippen LogP contribution in [0.25, 0.3) is 0 Å². The Morgan fingerprint density at radius 1 is 1.18 bits per heavy atom. The van der Waals surface area contributed by atoms with E-state index in [1.807, 2.05) is 25.1 Å². The zero-order valence-electron chi connectivity index (χ0n) is 9.56. The highest BCUT2D eigenvalue weighted by Gasteiger charge is 2.01. The first-order chi connectivity index (χ1) is 8.24. The highest BCUT2D eigenvalue weighted by Crippen LogP contribution is 2.12. The third-order valence-electron chi connectivity index (χ3n) is 2.29. The number of hydrogen-bond donors (Lipinski definition) is 0. The molecule has 3 nitrogen and oxygen atoms in total. The molecule has 0 aliphatic carbocycles. The van der Waals surface area contributed by atoms with Gasteiger partial charge in [0.2, 0.25) is 11.2 Å². The zero-order valence-corrected chi connectivity index (χ0v) is 10.3. The molecule has 0 bridgehead atoms. The maximum atomic E-state index is 5.74. The van der Waals surface area contributed by atoms with Crippen molar-refractivity contribution < 1.29 is 4.74 Å². The van der Waals surface area contributed by atoms with Crippen molar-refractivity contribution in [3.63, 3.8) is 0 Å². The Bertz CT molecular complexity index is 468. The fourth-order valence-corrected chi connectivity index (χ4v) is 1.71. The van der Waals surface area contributed by atoms with Gasteiger partial charge in [0.05, 0.1) is 6.61 Å². The van der Waals surface area contributed by atoms with Gasteiger partial charge >= 0.3 is 0 Å². The summed E-state index contributed by atoms with van der Waals surface area (Å²) in [6, 6.07) is 11.9. The normalized spacial score (nSPS) is 10.2. The highest BCUT2D eigenvalue weighted by atomic mass is 35.5. The molecule has 0 N–H and O–H groups in total. The average molecular weight is 249 g/mol. The molecular weight excluding hydrogens is 236 g/mol. The van der Waals surface area contributed by atoms with Gasteiger partial charge in [0.25, 0.3) is 0 Å². The average Bonchev–Trinajstić information content (AvgIpc) is 2.29. The van der Waals surface area contributed by atoms with Crippen molar-refractivity contribution >= 4 is 11.6 Å². The molecule has 0 radical (unpaired) electrons. The maximum absolute atomic E-state index is 5.74. The van der Waals surface area contributed by atoms with Crippen molar-refractivity contribution in [3.8, 4) is 5.88 Å². The summed E-state index contributed by atoms with van der Waals surface area (Å²) in [6.07, 6.45) is 0.849. The first-order valence-electron chi connectivity index (χ1n) is 5.42. The minimum atomic E-state index is 0.222. The second-order valence-electron chi connectivity index (χ2n) is 3.70. The van der Waals surface area contributed by atoms with Gasteiger partial charge in [0, 0.05) is 18.2 Å². The van der Waals surface area contributed by atoms with Crippen molar-refractivity contribution in [1.29, 1.82) is 0 Å². The van der Waals surface area contributed by atoms with Gasteiger partial charge in [-0.15, -0.1) is 0 Å². The maximum Gasteiger partial charge on any atom is 0.225 e. The molecule has 0 amide bonds. The third kappa shape index (κ3) is 3.71. The Kier molecular flexibility index (Phi) is 3.94. The van der Waals surface area contributed by atoms with Gasteiger partial charge in [0.1, 0.15) is 0 Å².